The Hall–Kier alpha value is -3.73. The quantitative estimate of drug-likeness (QED) is 0.418. The zero-order valence-corrected chi connectivity index (χ0v) is 19.1. The number of nitrogens with zero attached hydrogens (tertiary/aromatic N) is 2. The molecule has 10 nitrogen and oxygen atoms in total. The first-order valence-corrected chi connectivity index (χ1v) is 11.0. The van der Waals surface area contributed by atoms with Crippen LogP contribution < -0.4 is 15.4 Å². The topological polar surface area (TPSA) is 129 Å². The summed E-state index contributed by atoms with van der Waals surface area (Å²) in [7, 11) is 3.03. The smallest absolute Gasteiger partial charge is 0.348 e. The van der Waals surface area contributed by atoms with E-state index in [-0.39, 0.29) is 24.8 Å². The molecule has 1 unspecified atom stereocenters. The number of carbonyl (C=O) groups is 4. The highest BCUT2D eigenvalue weighted by Gasteiger charge is 2.32. The lowest BCUT2D eigenvalue weighted by atomic mass is 9.93. The number of para-hydroxylation sites is 1. The molecular formula is C22H22N4O6S. The number of imide groups is 1. The Morgan fingerprint density at radius 3 is 2.85 bits per heavy atom. The number of nitrogens with one attached hydrogen (secondary N) is 2. The number of benzene rings is 1. The summed E-state index contributed by atoms with van der Waals surface area (Å²) >= 11 is 1.13. The zero-order chi connectivity index (χ0) is 23.7. The summed E-state index contributed by atoms with van der Waals surface area (Å²) in [5.74, 6) is -1.59. The number of hydrogen-bond donors (Lipinski definition) is 2. The fraction of sp³-hybridized carbons (Fsp3) is 0.318. The number of aryl methyl sites for hydroxylation is 2. The second-order valence-corrected chi connectivity index (χ2v) is 8.67. The Morgan fingerprint density at radius 2 is 2.12 bits per heavy atom. The molecule has 11 heteroatoms. The van der Waals surface area contributed by atoms with Gasteiger partial charge in [0.25, 0.3) is 5.91 Å². The third-order valence-electron chi connectivity index (χ3n) is 5.34. The maximum atomic E-state index is 12.4. The van der Waals surface area contributed by atoms with Gasteiger partial charge in [-0.25, -0.2) is 4.79 Å². The van der Waals surface area contributed by atoms with Crippen molar-refractivity contribution in [1.82, 2.24) is 15.1 Å². The molecule has 1 fully saturated rings. The van der Waals surface area contributed by atoms with Gasteiger partial charge in [0.1, 0.15) is 16.1 Å². The number of piperidine rings is 1. The second-order valence-electron chi connectivity index (χ2n) is 7.62. The summed E-state index contributed by atoms with van der Waals surface area (Å²) in [5, 5.41) is 10.8. The molecule has 2 N–H and O–H groups in total. The predicted octanol–water partition coefficient (Wildman–Crippen LogP) is 2.27. The maximum Gasteiger partial charge on any atom is 0.348 e. The number of carbonyl (C=O) groups excluding carboxylic acids is 4. The number of fused-ring (bicyclic) bond motifs is 1. The number of anilines is 1. The summed E-state index contributed by atoms with van der Waals surface area (Å²) < 4.78 is 12.1. The largest absolute Gasteiger partial charge is 0.481 e. The van der Waals surface area contributed by atoms with Crippen LogP contribution in [0.25, 0.3) is 10.9 Å². The molecule has 1 saturated heterocycles. The Bertz CT molecular complexity index is 1280. The lowest BCUT2D eigenvalue weighted by molar-refractivity contribution is -0.134. The Morgan fingerprint density at radius 1 is 1.33 bits per heavy atom. The summed E-state index contributed by atoms with van der Waals surface area (Å²) in [4.78, 5) is 48.4. The van der Waals surface area contributed by atoms with Crippen molar-refractivity contribution in [1.29, 1.82) is 0 Å². The number of thiophene rings is 1. The standard InChI is InChI=1S/C22H22N4O6S/c1-11-9-17(33-20(11)22(30)31-3)23-16(28)10-32-14-6-4-5-12-18(25-26(2)19(12)14)13-7-8-15(27)24-21(13)29/h4-6,9,13H,7-8,10H2,1-3H3,(H,23,28)(H,24,27,29). The van der Waals surface area contributed by atoms with E-state index in [1.165, 1.54) is 7.11 Å². The minimum atomic E-state index is -0.531. The van der Waals surface area contributed by atoms with E-state index in [9.17, 15) is 19.2 Å². The van der Waals surface area contributed by atoms with Crippen LogP contribution in [0.3, 0.4) is 0 Å². The molecule has 0 saturated carbocycles. The maximum absolute atomic E-state index is 12.4. The van der Waals surface area contributed by atoms with Gasteiger partial charge in [0.05, 0.1) is 23.7 Å². The molecule has 0 aliphatic carbocycles. The molecule has 1 aliphatic rings. The van der Waals surface area contributed by atoms with Gasteiger partial charge in [-0.05, 0) is 31.0 Å². The van der Waals surface area contributed by atoms with Gasteiger partial charge >= 0.3 is 5.97 Å². The highest BCUT2D eigenvalue weighted by Crippen LogP contribution is 2.34. The average molecular weight is 471 g/mol. The Balaban J connectivity index is 1.50. The summed E-state index contributed by atoms with van der Waals surface area (Å²) in [5.41, 5.74) is 1.92. The molecular weight excluding hydrogens is 448 g/mol. The van der Waals surface area contributed by atoms with Crippen molar-refractivity contribution in [3.05, 3.63) is 40.4 Å². The molecule has 4 rings (SSSR count). The summed E-state index contributed by atoms with van der Waals surface area (Å²) in [6, 6.07) is 7.01. The molecule has 0 spiro atoms. The molecule has 3 heterocycles. The first-order chi connectivity index (χ1) is 15.8. The highest BCUT2D eigenvalue weighted by atomic mass is 32.1. The average Bonchev–Trinajstić information content (AvgIpc) is 3.31. The molecule has 0 radical (unpaired) electrons. The van der Waals surface area contributed by atoms with Crippen LogP contribution in [0.15, 0.2) is 24.3 Å². The number of amides is 3. The molecule has 1 aliphatic heterocycles. The molecule has 0 bridgehead atoms. The lowest BCUT2D eigenvalue weighted by Crippen LogP contribution is -2.39. The number of esters is 1. The normalized spacial score (nSPS) is 15.9. The van der Waals surface area contributed by atoms with Gasteiger partial charge in [-0.15, -0.1) is 11.3 Å². The zero-order valence-electron chi connectivity index (χ0n) is 18.3. The van der Waals surface area contributed by atoms with E-state index >= 15 is 0 Å². The van der Waals surface area contributed by atoms with Crippen molar-refractivity contribution in [2.75, 3.05) is 19.0 Å². The van der Waals surface area contributed by atoms with Crippen LogP contribution in [0.4, 0.5) is 5.00 Å². The van der Waals surface area contributed by atoms with Crippen LogP contribution in [0.1, 0.15) is 39.7 Å². The molecule has 1 aromatic carbocycles. The van der Waals surface area contributed by atoms with Gasteiger partial charge in [-0.1, -0.05) is 12.1 Å². The van der Waals surface area contributed by atoms with E-state index in [1.807, 2.05) is 6.07 Å². The van der Waals surface area contributed by atoms with Crippen LogP contribution in [0, 0.1) is 6.92 Å². The molecule has 3 amide bonds. The third-order valence-corrected chi connectivity index (χ3v) is 6.47. The first-order valence-electron chi connectivity index (χ1n) is 10.2. The van der Waals surface area contributed by atoms with E-state index in [1.54, 1.807) is 36.9 Å². The second kappa shape index (κ2) is 9.02. The van der Waals surface area contributed by atoms with Crippen LogP contribution >= 0.6 is 11.3 Å². The van der Waals surface area contributed by atoms with Crippen molar-refractivity contribution in [2.45, 2.75) is 25.7 Å². The van der Waals surface area contributed by atoms with Crippen molar-refractivity contribution in [3.63, 3.8) is 0 Å². The van der Waals surface area contributed by atoms with Crippen LogP contribution in [0.2, 0.25) is 0 Å². The Kier molecular flexibility index (Phi) is 6.14. The molecule has 172 valence electrons. The van der Waals surface area contributed by atoms with E-state index in [4.69, 9.17) is 9.47 Å². The van der Waals surface area contributed by atoms with Gasteiger partial charge in [0.15, 0.2) is 6.61 Å². The number of ether oxygens (including phenoxy) is 2. The van der Waals surface area contributed by atoms with E-state index in [0.29, 0.717) is 38.8 Å². The summed E-state index contributed by atoms with van der Waals surface area (Å²) in [6.45, 7) is 1.50. The monoisotopic (exact) mass is 470 g/mol. The molecule has 3 aromatic rings. The van der Waals surface area contributed by atoms with Crippen LogP contribution in [-0.2, 0) is 26.2 Å². The minimum absolute atomic E-state index is 0.255. The Labute approximate surface area is 192 Å². The predicted molar refractivity (Wildman–Crippen MR) is 120 cm³/mol. The van der Waals surface area contributed by atoms with Crippen molar-refractivity contribution >= 4 is 50.9 Å². The van der Waals surface area contributed by atoms with Gasteiger partial charge < -0.3 is 14.8 Å². The van der Waals surface area contributed by atoms with Crippen LogP contribution in [-0.4, -0.2) is 47.2 Å². The molecule has 33 heavy (non-hydrogen) atoms. The molecule has 1 atom stereocenters. The van der Waals surface area contributed by atoms with Crippen molar-refractivity contribution in [3.8, 4) is 5.75 Å². The SMILES string of the molecule is COC(=O)c1sc(NC(=O)COc2cccc3c(C4CCC(=O)NC4=O)nn(C)c23)cc1C. The fourth-order valence-corrected chi connectivity index (χ4v) is 4.82. The number of aromatic nitrogens is 2. The summed E-state index contributed by atoms with van der Waals surface area (Å²) in [6.07, 6.45) is 0.642. The number of methoxy groups -OCH3 is 1. The van der Waals surface area contributed by atoms with Gasteiger partial charge in [-0.3, -0.25) is 24.4 Å². The fourth-order valence-electron chi connectivity index (χ4n) is 3.81. The number of hydrogen-bond acceptors (Lipinski definition) is 8. The first kappa shape index (κ1) is 22.5. The van der Waals surface area contributed by atoms with Gasteiger partial charge in [0, 0.05) is 18.9 Å². The molecule has 2 aromatic heterocycles. The number of rotatable bonds is 6. The van der Waals surface area contributed by atoms with E-state index < -0.39 is 17.8 Å². The van der Waals surface area contributed by atoms with E-state index in [2.05, 4.69) is 15.7 Å². The van der Waals surface area contributed by atoms with Gasteiger partial charge in [-0.2, -0.15) is 5.10 Å². The highest BCUT2D eigenvalue weighted by molar-refractivity contribution is 7.18. The van der Waals surface area contributed by atoms with Crippen molar-refractivity contribution < 1.29 is 28.7 Å². The third kappa shape index (κ3) is 4.44. The lowest BCUT2D eigenvalue weighted by Gasteiger charge is -2.19. The van der Waals surface area contributed by atoms with Crippen LogP contribution in [0.5, 0.6) is 5.75 Å². The van der Waals surface area contributed by atoms with Gasteiger partial charge in [0.2, 0.25) is 11.8 Å². The van der Waals surface area contributed by atoms with E-state index in [0.717, 1.165) is 16.7 Å². The van der Waals surface area contributed by atoms with Crippen molar-refractivity contribution in [2.24, 2.45) is 7.05 Å². The minimum Gasteiger partial charge on any atom is -0.481 e.